The molecule has 1 rings (SSSR count). The first-order chi connectivity index (χ1) is 6.43. The fourth-order valence-corrected chi connectivity index (χ4v) is 1.10. The summed E-state index contributed by atoms with van der Waals surface area (Å²) in [4.78, 5) is 21.8. The van der Waals surface area contributed by atoms with Crippen molar-refractivity contribution in [3.63, 3.8) is 0 Å². The zero-order valence-corrected chi connectivity index (χ0v) is 14.1. The Hall–Kier alpha value is 1.04. The molecular formula is C9H10ArNO4VY-. The normalized spacial score (nSPS) is 8.12. The van der Waals surface area contributed by atoms with Crippen molar-refractivity contribution in [2.75, 3.05) is 0 Å². The van der Waals surface area contributed by atoms with Gasteiger partial charge in [-0.1, -0.05) is 18.7 Å². The van der Waals surface area contributed by atoms with E-state index in [2.05, 4.69) is 0 Å². The molecule has 92 valence electrons. The van der Waals surface area contributed by atoms with Crippen molar-refractivity contribution in [1.82, 2.24) is 4.57 Å². The number of carboxylic acids is 1. The van der Waals surface area contributed by atoms with E-state index < -0.39 is 11.5 Å². The van der Waals surface area contributed by atoms with E-state index in [9.17, 15) is 14.7 Å². The Bertz CT molecular complexity index is 449. The Balaban J connectivity index is -0.000000653. The molecule has 0 aliphatic carbocycles. The molecule has 2 N–H and O–H groups in total. The van der Waals surface area contributed by atoms with Crippen LogP contribution in [-0.2, 0) is 56.1 Å². The van der Waals surface area contributed by atoms with Gasteiger partial charge in [-0.05, 0) is 19.0 Å². The molecule has 0 saturated carbocycles. The fourth-order valence-electron chi connectivity index (χ4n) is 1.10. The standard InChI is InChI=1S/C9H10NO4.Ar.V.Y/c1-5-3-7(11)6(2)9(14)10(5)4-8(12)13;;;/h3-4,11H,1-2H3,(H,12,13);;;/q-1;;;. The monoisotopic (exact) mass is 376 g/mol. The smallest absolute Gasteiger partial charge is 0.288 e. The first-order valence-electron chi connectivity index (χ1n) is 3.93. The van der Waals surface area contributed by atoms with Crippen LogP contribution in [0, 0.1) is 58.1 Å². The van der Waals surface area contributed by atoms with Gasteiger partial charge in [0.05, 0.1) is 0 Å². The van der Waals surface area contributed by atoms with Crippen LogP contribution < -0.4 is 5.56 Å². The maximum absolute atomic E-state index is 11.5. The van der Waals surface area contributed by atoms with Crippen LogP contribution in [0.3, 0.4) is 0 Å². The minimum Gasteiger partial charge on any atom is -0.510 e. The van der Waals surface area contributed by atoms with E-state index in [1.807, 2.05) is 0 Å². The summed E-state index contributed by atoms with van der Waals surface area (Å²) in [5.74, 6) is -1.33. The average Bonchev–Trinajstić information content (AvgIpc) is 2.09. The van der Waals surface area contributed by atoms with E-state index in [4.69, 9.17) is 5.11 Å². The summed E-state index contributed by atoms with van der Waals surface area (Å²) < 4.78 is 0.984. The number of aromatic nitrogens is 1. The Morgan fingerprint density at radius 3 is 2.29 bits per heavy atom. The molecule has 1 aromatic heterocycles. The molecule has 0 spiro atoms. The second kappa shape index (κ2) is 9.90. The number of aromatic hydroxyl groups is 1. The van der Waals surface area contributed by atoms with Crippen molar-refractivity contribution >= 4 is 5.97 Å². The number of hydrogen-bond donors (Lipinski definition) is 2. The first kappa shape index (κ1) is 23.2. The Labute approximate surface area is 166 Å². The van der Waals surface area contributed by atoms with Gasteiger partial charge in [0.1, 0.15) is 11.3 Å². The van der Waals surface area contributed by atoms with Gasteiger partial charge >= 0.3 is 0 Å². The van der Waals surface area contributed by atoms with Gasteiger partial charge in [-0.15, -0.1) is 0 Å². The number of hydrogen-bond acceptors (Lipinski definition) is 3. The molecule has 0 fully saturated rings. The molecule has 17 heavy (non-hydrogen) atoms. The van der Waals surface area contributed by atoms with Crippen LogP contribution in [0.4, 0.5) is 0 Å². The molecule has 0 aliphatic rings. The van der Waals surface area contributed by atoms with Crippen LogP contribution in [0.2, 0.25) is 0 Å². The van der Waals surface area contributed by atoms with Crippen LogP contribution in [0.1, 0.15) is 11.3 Å². The zero-order valence-electron chi connectivity index (χ0n) is 9.19. The van der Waals surface area contributed by atoms with E-state index >= 15 is 0 Å². The average molecular weight is 376 g/mol. The van der Waals surface area contributed by atoms with Crippen LogP contribution in [0.5, 0.6) is 5.75 Å². The first-order valence-corrected chi connectivity index (χ1v) is 3.93. The molecule has 0 aromatic carbocycles. The van der Waals surface area contributed by atoms with Crippen LogP contribution in [0.25, 0.3) is 0 Å². The van der Waals surface area contributed by atoms with E-state index in [1.165, 1.54) is 13.0 Å². The molecule has 2 radical (unpaired) electrons. The summed E-state index contributed by atoms with van der Waals surface area (Å²) in [6, 6.07) is 1.34. The van der Waals surface area contributed by atoms with Crippen molar-refractivity contribution < 1.29 is 104 Å². The van der Waals surface area contributed by atoms with Gasteiger partial charge in [-0.3, -0.25) is 4.79 Å². The summed E-state index contributed by atoms with van der Waals surface area (Å²) in [7, 11) is 0. The number of rotatable bonds is 2. The van der Waals surface area contributed by atoms with Crippen molar-refractivity contribution in [2.24, 2.45) is 0 Å². The molecule has 1 heterocycles. The minimum absolute atomic E-state index is 0. The molecule has 1 aromatic rings. The predicted octanol–water partition coefficient (Wildman–Crippen LogP) is 0.260. The van der Waals surface area contributed by atoms with Crippen LogP contribution in [-0.4, -0.2) is 20.7 Å². The van der Waals surface area contributed by atoms with Gasteiger partial charge in [0.25, 0.3) is 5.97 Å². The topological polar surface area (TPSA) is 79.5 Å². The maximum atomic E-state index is 11.5. The van der Waals surface area contributed by atoms with Crippen LogP contribution >= 0.6 is 0 Å². The molecular weight excluding hydrogens is 366 g/mol. The van der Waals surface area contributed by atoms with Crippen molar-refractivity contribution in [2.45, 2.75) is 13.8 Å². The van der Waals surface area contributed by atoms with Crippen molar-refractivity contribution in [1.29, 1.82) is 0 Å². The third kappa shape index (κ3) is 6.15. The largest absolute Gasteiger partial charge is 0.510 e. The Morgan fingerprint density at radius 2 is 1.88 bits per heavy atom. The SMILES string of the molecule is Cc1c(O)cc(C)n([CH-]C(=O)O)c1=O.[Ar].[V].[Y]. The van der Waals surface area contributed by atoms with Gasteiger partial charge in [-0.25, -0.2) is 0 Å². The number of nitrogens with zero attached hydrogens (tertiary/aromatic N) is 1. The van der Waals surface area contributed by atoms with E-state index in [-0.39, 0.29) is 100 Å². The molecule has 8 heteroatoms. The number of aryl methyl sites for hydroxylation is 1. The van der Waals surface area contributed by atoms with Gasteiger partial charge in [-0.2, -0.15) is 0 Å². The quantitative estimate of drug-likeness (QED) is 0.727. The number of aliphatic carboxylic acids is 1. The molecule has 0 unspecified atom stereocenters. The second-order valence-corrected chi connectivity index (χ2v) is 2.94. The van der Waals surface area contributed by atoms with E-state index in [0.29, 0.717) is 5.69 Å². The van der Waals surface area contributed by atoms with Crippen molar-refractivity contribution in [3.05, 3.63) is 34.2 Å². The summed E-state index contributed by atoms with van der Waals surface area (Å²) in [5.41, 5.74) is -0.0153. The van der Waals surface area contributed by atoms with Gasteiger partial charge in [0.2, 0.25) is 0 Å². The molecule has 0 saturated heterocycles. The van der Waals surface area contributed by atoms with E-state index in [1.54, 1.807) is 6.92 Å². The predicted molar refractivity (Wildman–Crippen MR) is 49.2 cm³/mol. The molecule has 0 atom stereocenters. The Morgan fingerprint density at radius 1 is 1.41 bits per heavy atom. The fraction of sp³-hybridized carbons (Fsp3) is 0.222. The third-order valence-corrected chi connectivity index (χ3v) is 1.89. The number of carboxylic acid groups (broad SMARTS) is 1. The second-order valence-electron chi connectivity index (χ2n) is 2.94. The summed E-state index contributed by atoms with van der Waals surface area (Å²) in [5, 5.41) is 17.8. The van der Waals surface area contributed by atoms with Gasteiger partial charge < -0.3 is 19.6 Å². The van der Waals surface area contributed by atoms with Gasteiger partial charge in [0, 0.05) is 89.0 Å². The van der Waals surface area contributed by atoms with Crippen molar-refractivity contribution in [3.8, 4) is 5.75 Å². The summed E-state index contributed by atoms with van der Waals surface area (Å²) >= 11 is 0. The number of carbonyl (C=O) groups is 1. The molecule has 5 nitrogen and oxygen atoms in total. The summed E-state index contributed by atoms with van der Waals surface area (Å²) in [6.07, 6.45) is 0. The third-order valence-electron chi connectivity index (χ3n) is 1.89. The molecule has 0 aliphatic heterocycles. The zero-order chi connectivity index (χ0) is 10.9. The minimum atomic E-state index is -1.21. The Kier molecular flexibility index (Phi) is 13.5. The van der Waals surface area contributed by atoms with Crippen LogP contribution in [0.15, 0.2) is 10.9 Å². The van der Waals surface area contributed by atoms with E-state index in [0.717, 1.165) is 11.1 Å². The van der Waals surface area contributed by atoms with Gasteiger partial charge in [0.15, 0.2) is 0 Å². The molecule has 0 amide bonds. The maximum Gasteiger partial charge on any atom is 0.288 e. The summed E-state index contributed by atoms with van der Waals surface area (Å²) in [6.45, 7) is 3.74. The molecule has 0 bridgehead atoms. The number of pyridine rings is 1.